The summed E-state index contributed by atoms with van der Waals surface area (Å²) < 4.78 is 11.9. The van der Waals surface area contributed by atoms with Crippen LogP contribution in [0.25, 0.3) is 44.2 Å². The van der Waals surface area contributed by atoms with Gasteiger partial charge in [0.2, 0.25) is 0 Å². The molecule has 0 radical (unpaired) electrons. The van der Waals surface area contributed by atoms with E-state index in [-0.39, 0.29) is 5.97 Å². The Morgan fingerprint density at radius 2 is 1.60 bits per heavy atom. The van der Waals surface area contributed by atoms with E-state index in [9.17, 15) is 4.79 Å². The molecule has 0 bridgehead atoms. The smallest absolute Gasteiger partial charge is 0.338 e. The van der Waals surface area contributed by atoms with E-state index in [2.05, 4.69) is 72.8 Å². The average molecular weight is 579 g/mol. The Balaban J connectivity index is 1.62. The highest BCUT2D eigenvalue weighted by Gasteiger charge is 2.48. The van der Waals surface area contributed by atoms with Crippen molar-refractivity contribution < 1.29 is 13.9 Å². The van der Waals surface area contributed by atoms with Crippen LogP contribution in [-0.4, -0.2) is 13.1 Å². The molecule has 8 rings (SSSR count). The Bertz CT molecular complexity index is 2150. The Morgan fingerprint density at radius 3 is 2.42 bits per heavy atom. The number of allylic oxidation sites excluding steroid dienone is 4. The normalized spacial score (nSPS) is 17.1. The van der Waals surface area contributed by atoms with Gasteiger partial charge >= 0.3 is 5.97 Å². The van der Waals surface area contributed by atoms with Gasteiger partial charge in [-0.15, -0.1) is 0 Å². The molecule has 0 spiro atoms. The number of halogens is 1. The molecule has 43 heavy (non-hydrogen) atoms. The minimum Gasteiger partial charge on any atom is -0.465 e. The molecule has 2 aliphatic rings. The number of methoxy groups -OCH3 is 1. The standard InChI is InChI=1S/C39H27ClO3/c1-42-38(41)28-17-9-8-16-27(28)31-23-33-35(36-30-18-10-11-19-34(30)43-37(31)36)29-21-20-26(40)22-32(29)39(33,24-12-4-2-5-13-24)25-14-6-3-7-15-25/h2,4-6,8-23H,3,7H2,1H3. The minimum atomic E-state index is -0.630. The summed E-state index contributed by atoms with van der Waals surface area (Å²) in [6, 6.07) is 35.0. The number of rotatable bonds is 4. The molecule has 6 aromatic rings. The van der Waals surface area contributed by atoms with Crippen molar-refractivity contribution in [3.05, 3.63) is 154 Å². The van der Waals surface area contributed by atoms with Gasteiger partial charge < -0.3 is 9.15 Å². The summed E-state index contributed by atoms with van der Waals surface area (Å²) in [6.45, 7) is 0. The minimum absolute atomic E-state index is 0.386. The quantitative estimate of drug-likeness (QED) is 0.195. The van der Waals surface area contributed by atoms with Gasteiger partial charge in [-0.2, -0.15) is 0 Å². The third-order valence-electron chi connectivity index (χ3n) is 8.96. The second-order valence-electron chi connectivity index (χ2n) is 11.1. The van der Waals surface area contributed by atoms with Crippen molar-refractivity contribution in [1.29, 1.82) is 0 Å². The zero-order valence-electron chi connectivity index (χ0n) is 23.6. The van der Waals surface area contributed by atoms with Gasteiger partial charge in [-0.1, -0.05) is 103 Å². The molecular formula is C39H27ClO3. The maximum atomic E-state index is 13.1. The van der Waals surface area contributed by atoms with Crippen molar-refractivity contribution >= 4 is 39.5 Å². The third kappa shape index (κ3) is 3.65. The van der Waals surface area contributed by atoms with Gasteiger partial charge in [0.15, 0.2) is 0 Å². The average Bonchev–Trinajstić information content (AvgIpc) is 3.58. The van der Waals surface area contributed by atoms with Gasteiger partial charge in [0.1, 0.15) is 11.2 Å². The number of para-hydroxylation sites is 1. The molecule has 2 aliphatic carbocycles. The van der Waals surface area contributed by atoms with E-state index in [1.165, 1.54) is 12.7 Å². The number of benzene rings is 5. The molecule has 1 unspecified atom stereocenters. The Labute approximate surface area is 254 Å². The van der Waals surface area contributed by atoms with Crippen LogP contribution in [0.3, 0.4) is 0 Å². The van der Waals surface area contributed by atoms with Crippen molar-refractivity contribution in [2.24, 2.45) is 0 Å². The molecule has 0 fully saturated rings. The van der Waals surface area contributed by atoms with E-state index in [1.807, 2.05) is 48.5 Å². The second-order valence-corrected chi connectivity index (χ2v) is 11.6. The Hall–Kier alpha value is -4.86. The van der Waals surface area contributed by atoms with E-state index in [1.54, 1.807) is 0 Å². The number of carbonyl (C=O) groups is 1. The highest BCUT2D eigenvalue weighted by atomic mass is 35.5. The SMILES string of the molecule is COC(=O)c1ccccc1-c1cc2c(c3c1oc1ccccc13)-c1ccc(Cl)cc1C2(C1=CCCC=C1)c1ccccc1. The molecule has 0 aliphatic heterocycles. The second kappa shape index (κ2) is 9.86. The highest BCUT2D eigenvalue weighted by molar-refractivity contribution is 6.31. The summed E-state index contributed by atoms with van der Waals surface area (Å²) in [5, 5.41) is 2.76. The lowest BCUT2D eigenvalue weighted by atomic mass is 9.66. The fourth-order valence-corrected chi connectivity index (χ4v) is 7.41. The first-order valence-electron chi connectivity index (χ1n) is 14.5. The third-order valence-corrected chi connectivity index (χ3v) is 9.20. The molecule has 3 nitrogen and oxygen atoms in total. The van der Waals surface area contributed by atoms with Crippen LogP contribution in [0, 0.1) is 0 Å². The number of carbonyl (C=O) groups excluding carboxylic acids is 1. The van der Waals surface area contributed by atoms with E-state index in [4.69, 9.17) is 20.8 Å². The first-order chi connectivity index (χ1) is 21.1. The fraction of sp³-hybridized carbons (Fsp3) is 0.103. The highest BCUT2D eigenvalue weighted by Crippen LogP contribution is 2.61. The molecule has 208 valence electrons. The zero-order chi connectivity index (χ0) is 29.1. The maximum Gasteiger partial charge on any atom is 0.338 e. The van der Waals surface area contributed by atoms with E-state index < -0.39 is 5.41 Å². The number of furan rings is 1. The number of fused-ring (bicyclic) bond motifs is 7. The van der Waals surface area contributed by atoms with Crippen LogP contribution in [-0.2, 0) is 10.2 Å². The van der Waals surface area contributed by atoms with Crippen molar-refractivity contribution in [2.75, 3.05) is 7.11 Å². The lowest BCUT2D eigenvalue weighted by molar-refractivity contribution is 0.0601. The van der Waals surface area contributed by atoms with E-state index in [0.29, 0.717) is 10.6 Å². The van der Waals surface area contributed by atoms with Crippen LogP contribution < -0.4 is 0 Å². The number of hydrogen-bond acceptors (Lipinski definition) is 3. The Morgan fingerprint density at radius 1 is 0.814 bits per heavy atom. The van der Waals surface area contributed by atoms with Crippen molar-refractivity contribution in [2.45, 2.75) is 18.3 Å². The fourth-order valence-electron chi connectivity index (χ4n) is 7.24. The molecule has 5 aromatic carbocycles. The first-order valence-corrected chi connectivity index (χ1v) is 14.9. The summed E-state index contributed by atoms with van der Waals surface area (Å²) in [4.78, 5) is 13.1. The van der Waals surface area contributed by atoms with Crippen molar-refractivity contribution in [3.63, 3.8) is 0 Å². The molecule has 0 amide bonds. The van der Waals surface area contributed by atoms with Crippen LogP contribution in [0.15, 0.2) is 131 Å². The van der Waals surface area contributed by atoms with Gasteiger partial charge in [-0.05, 0) is 82.1 Å². The zero-order valence-corrected chi connectivity index (χ0v) is 24.3. The molecule has 1 atom stereocenters. The molecule has 0 saturated heterocycles. The lowest BCUT2D eigenvalue weighted by Crippen LogP contribution is -2.29. The Kier molecular flexibility index (Phi) is 5.92. The van der Waals surface area contributed by atoms with Gasteiger partial charge in [0, 0.05) is 21.4 Å². The monoisotopic (exact) mass is 578 g/mol. The maximum absolute atomic E-state index is 13.1. The number of hydrogen-bond donors (Lipinski definition) is 0. The van der Waals surface area contributed by atoms with Gasteiger partial charge in [0.05, 0.1) is 18.1 Å². The summed E-state index contributed by atoms with van der Waals surface area (Å²) in [5.74, 6) is -0.386. The molecular weight excluding hydrogens is 552 g/mol. The van der Waals surface area contributed by atoms with Gasteiger partial charge in [0.25, 0.3) is 0 Å². The molecule has 1 aromatic heterocycles. The van der Waals surface area contributed by atoms with Crippen LogP contribution in [0.5, 0.6) is 0 Å². The summed E-state index contributed by atoms with van der Waals surface area (Å²) in [5.41, 5.74) is 9.95. The summed E-state index contributed by atoms with van der Waals surface area (Å²) in [7, 11) is 1.42. The first kappa shape index (κ1) is 25.8. The van der Waals surface area contributed by atoms with Crippen LogP contribution in [0.2, 0.25) is 5.02 Å². The van der Waals surface area contributed by atoms with Crippen LogP contribution in [0.1, 0.15) is 39.9 Å². The van der Waals surface area contributed by atoms with Crippen LogP contribution >= 0.6 is 11.6 Å². The predicted octanol–water partition coefficient (Wildman–Crippen LogP) is 10.3. The molecule has 1 heterocycles. The largest absolute Gasteiger partial charge is 0.465 e. The number of ether oxygens (including phenoxy) is 1. The summed E-state index contributed by atoms with van der Waals surface area (Å²) in [6.07, 6.45) is 8.87. The van der Waals surface area contributed by atoms with Crippen molar-refractivity contribution in [1.82, 2.24) is 0 Å². The van der Waals surface area contributed by atoms with E-state index >= 15 is 0 Å². The van der Waals surface area contributed by atoms with Crippen LogP contribution in [0.4, 0.5) is 0 Å². The van der Waals surface area contributed by atoms with Gasteiger partial charge in [-0.25, -0.2) is 4.79 Å². The van der Waals surface area contributed by atoms with Crippen molar-refractivity contribution in [3.8, 4) is 22.3 Å². The molecule has 0 saturated carbocycles. The number of esters is 1. The lowest BCUT2D eigenvalue weighted by Gasteiger charge is -2.36. The molecule has 0 N–H and O–H groups in total. The summed E-state index contributed by atoms with van der Waals surface area (Å²) >= 11 is 6.80. The molecule has 4 heteroatoms. The topological polar surface area (TPSA) is 39.4 Å². The van der Waals surface area contributed by atoms with Gasteiger partial charge in [-0.3, -0.25) is 0 Å². The van der Waals surface area contributed by atoms with E-state index in [0.717, 1.165) is 73.7 Å². The predicted molar refractivity (Wildman–Crippen MR) is 174 cm³/mol.